The zero-order chi connectivity index (χ0) is 10.6. The fourth-order valence-electron chi connectivity index (χ4n) is 1.43. The number of aliphatic hydroxyl groups excluding tert-OH is 1. The van der Waals surface area contributed by atoms with Crippen molar-refractivity contribution in [3.63, 3.8) is 0 Å². The molecule has 14 heavy (non-hydrogen) atoms. The van der Waals surface area contributed by atoms with Crippen LogP contribution in [0.2, 0.25) is 0 Å². The Kier molecular flexibility index (Phi) is 4.29. The van der Waals surface area contributed by atoms with Gasteiger partial charge in [-0.2, -0.15) is 0 Å². The number of benzene rings is 1. The molecule has 1 rings (SSSR count). The van der Waals surface area contributed by atoms with E-state index in [1.165, 1.54) is 4.90 Å². The minimum atomic E-state index is 0.180. The average Bonchev–Trinajstić information content (AvgIpc) is 2.20. The van der Waals surface area contributed by atoms with Crippen LogP contribution in [-0.2, 0) is 6.42 Å². The number of hydrogen-bond acceptors (Lipinski definition) is 3. The van der Waals surface area contributed by atoms with Crippen LogP contribution in [0.5, 0.6) is 5.75 Å². The molecule has 0 radical (unpaired) electrons. The maximum atomic E-state index is 8.92. The highest BCUT2D eigenvalue weighted by Gasteiger charge is 2.06. The van der Waals surface area contributed by atoms with E-state index in [1.807, 2.05) is 19.2 Å². The van der Waals surface area contributed by atoms with Gasteiger partial charge in [-0.25, -0.2) is 0 Å². The van der Waals surface area contributed by atoms with Crippen molar-refractivity contribution in [3.05, 3.63) is 23.3 Å². The van der Waals surface area contributed by atoms with Gasteiger partial charge in [0, 0.05) is 11.5 Å². The smallest absolute Gasteiger partial charge is 0.122 e. The molecule has 0 aromatic heterocycles. The molecule has 0 aliphatic heterocycles. The van der Waals surface area contributed by atoms with Gasteiger partial charge in [0.05, 0.1) is 7.11 Å². The second-order valence-corrected chi connectivity index (χ2v) is 3.96. The molecular formula is C11H16O2S. The molecule has 1 aromatic carbocycles. The monoisotopic (exact) mass is 212 g/mol. The molecule has 0 fully saturated rings. The maximum Gasteiger partial charge on any atom is 0.122 e. The number of aryl methyl sites for hydroxylation is 1. The van der Waals surface area contributed by atoms with Gasteiger partial charge in [-0.3, -0.25) is 0 Å². The summed E-state index contributed by atoms with van der Waals surface area (Å²) in [6, 6.07) is 4.12. The van der Waals surface area contributed by atoms with Crippen LogP contribution in [0.1, 0.15) is 11.1 Å². The van der Waals surface area contributed by atoms with Crippen LogP contribution in [-0.4, -0.2) is 25.1 Å². The summed E-state index contributed by atoms with van der Waals surface area (Å²) in [5.41, 5.74) is 2.29. The van der Waals surface area contributed by atoms with Gasteiger partial charge < -0.3 is 9.84 Å². The van der Waals surface area contributed by atoms with Gasteiger partial charge in [0.25, 0.3) is 0 Å². The van der Waals surface area contributed by atoms with Crippen molar-refractivity contribution in [3.8, 4) is 5.75 Å². The molecule has 0 heterocycles. The van der Waals surface area contributed by atoms with Crippen molar-refractivity contribution in [1.82, 2.24) is 0 Å². The molecule has 0 aliphatic carbocycles. The van der Waals surface area contributed by atoms with E-state index in [0.717, 1.165) is 16.9 Å². The minimum Gasteiger partial charge on any atom is -0.496 e. The van der Waals surface area contributed by atoms with E-state index in [0.29, 0.717) is 6.42 Å². The number of ether oxygens (including phenoxy) is 1. The molecule has 3 heteroatoms. The van der Waals surface area contributed by atoms with Crippen molar-refractivity contribution in [1.29, 1.82) is 0 Å². The highest BCUT2D eigenvalue weighted by molar-refractivity contribution is 7.98. The number of hydrogen-bond donors (Lipinski definition) is 1. The van der Waals surface area contributed by atoms with Crippen LogP contribution in [0.4, 0.5) is 0 Å². The predicted octanol–water partition coefficient (Wildman–Crippen LogP) is 2.26. The van der Waals surface area contributed by atoms with E-state index in [9.17, 15) is 0 Å². The molecular weight excluding hydrogens is 196 g/mol. The molecule has 0 atom stereocenters. The quantitative estimate of drug-likeness (QED) is 0.776. The average molecular weight is 212 g/mol. The van der Waals surface area contributed by atoms with E-state index < -0.39 is 0 Å². The largest absolute Gasteiger partial charge is 0.496 e. The lowest BCUT2D eigenvalue weighted by Gasteiger charge is -2.11. The topological polar surface area (TPSA) is 29.5 Å². The van der Waals surface area contributed by atoms with Gasteiger partial charge in [-0.05, 0) is 42.9 Å². The fourth-order valence-corrected chi connectivity index (χ4v) is 2.15. The molecule has 1 N–H and O–H groups in total. The fraction of sp³-hybridized carbons (Fsp3) is 0.455. The van der Waals surface area contributed by atoms with E-state index in [2.05, 4.69) is 6.07 Å². The van der Waals surface area contributed by atoms with Gasteiger partial charge >= 0.3 is 0 Å². The molecule has 78 valence electrons. The Labute approximate surface area is 89.3 Å². The van der Waals surface area contributed by atoms with E-state index in [-0.39, 0.29) is 6.61 Å². The van der Waals surface area contributed by atoms with Crippen molar-refractivity contribution < 1.29 is 9.84 Å². The number of aliphatic hydroxyl groups is 1. The van der Waals surface area contributed by atoms with Crippen LogP contribution >= 0.6 is 11.8 Å². The number of rotatable bonds is 4. The summed E-state index contributed by atoms with van der Waals surface area (Å²) < 4.78 is 5.24. The van der Waals surface area contributed by atoms with E-state index >= 15 is 0 Å². The van der Waals surface area contributed by atoms with E-state index in [1.54, 1.807) is 18.9 Å². The molecule has 0 amide bonds. The second-order valence-electron chi connectivity index (χ2n) is 3.11. The minimum absolute atomic E-state index is 0.180. The molecule has 0 saturated carbocycles. The third-order valence-corrected chi connectivity index (χ3v) is 3.00. The van der Waals surface area contributed by atoms with Crippen molar-refractivity contribution >= 4 is 11.8 Å². The van der Waals surface area contributed by atoms with Gasteiger partial charge in [0.1, 0.15) is 5.75 Å². The molecule has 0 bridgehead atoms. The van der Waals surface area contributed by atoms with Crippen molar-refractivity contribution in [2.45, 2.75) is 18.2 Å². The zero-order valence-corrected chi connectivity index (χ0v) is 9.65. The van der Waals surface area contributed by atoms with Gasteiger partial charge in [0.15, 0.2) is 0 Å². The van der Waals surface area contributed by atoms with E-state index in [4.69, 9.17) is 9.84 Å². The predicted molar refractivity (Wildman–Crippen MR) is 60.3 cm³/mol. The molecule has 0 saturated heterocycles. The Morgan fingerprint density at radius 1 is 1.43 bits per heavy atom. The van der Waals surface area contributed by atoms with Gasteiger partial charge in [0.2, 0.25) is 0 Å². The zero-order valence-electron chi connectivity index (χ0n) is 8.83. The second kappa shape index (κ2) is 5.27. The Balaban J connectivity index is 3.11. The Bertz CT molecular complexity index is 310. The van der Waals surface area contributed by atoms with Gasteiger partial charge in [-0.15, -0.1) is 11.8 Å². The Morgan fingerprint density at radius 3 is 2.64 bits per heavy atom. The van der Waals surface area contributed by atoms with Crippen LogP contribution in [0, 0.1) is 6.92 Å². The summed E-state index contributed by atoms with van der Waals surface area (Å²) in [6.07, 6.45) is 2.73. The van der Waals surface area contributed by atoms with Crippen LogP contribution < -0.4 is 4.74 Å². The van der Waals surface area contributed by atoms with Gasteiger partial charge in [-0.1, -0.05) is 0 Å². The summed E-state index contributed by atoms with van der Waals surface area (Å²) in [5, 5.41) is 8.92. The van der Waals surface area contributed by atoms with Crippen LogP contribution in [0.15, 0.2) is 17.0 Å². The van der Waals surface area contributed by atoms with Crippen LogP contribution in [0.3, 0.4) is 0 Å². The number of thioether (sulfide) groups is 1. The molecule has 2 nitrogen and oxygen atoms in total. The first-order valence-electron chi connectivity index (χ1n) is 4.55. The summed E-state index contributed by atoms with van der Waals surface area (Å²) in [7, 11) is 1.67. The summed E-state index contributed by atoms with van der Waals surface area (Å²) in [4.78, 5) is 1.22. The Hall–Kier alpha value is -0.670. The highest BCUT2D eigenvalue weighted by Crippen LogP contribution is 2.28. The molecule has 0 spiro atoms. The van der Waals surface area contributed by atoms with Crippen molar-refractivity contribution in [2.24, 2.45) is 0 Å². The third-order valence-electron chi connectivity index (χ3n) is 2.18. The standard InChI is InChI=1S/C11H16O2S/c1-8-6-11(14-3)9(4-5-12)7-10(8)13-2/h6-7,12H,4-5H2,1-3H3. The highest BCUT2D eigenvalue weighted by atomic mass is 32.2. The normalized spacial score (nSPS) is 10.3. The first-order chi connectivity index (χ1) is 6.72. The summed E-state index contributed by atoms with van der Waals surface area (Å²) in [5.74, 6) is 0.895. The van der Waals surface area contributed by atoms with Crippen molar-refractivity contribution in [2.75, 3.05) is 20.0 Å². The summed E-state index contributed by atoms with van der Waals surface area (Å²) >= 11 is 1.70. The first-order valence-corrected chi connectivity index (χ1v) is 5.77. The van der Waals surface area contributed by atoms with Crippen LogP contribution in [0.25, 0.3) is 0 Å². The third kappa shape index (κ3) is 2.42. The maximum absolute atomic E-state index is 8.92. The summed E-state index contributed by atoms with van der Waals surface area (Å²) in [6.45, 7) is 2.21. The molecule has 0 aliphatic rings. The lowest BCUT2D eigenvalue weighted by atomic mass is 10.1. The lowest BCUT2D eigenvalue weighted by Crippen LogP contribution is -1.96. The molecule has 0 unspecified atom stereocenters. The first kappa shape index (κ1) is 11.4. The molecule has 1 aromatic rings. The Morgan fingerprint density at radius 2 is 2.14 bits per heavy atom. The lowest BCUT2D eigenvalue weighted by molar-refractivity contribution is 0.298. The number of methoxy groups -OCH3 is 1. The SMILES string of the molecule is COc1cc(CCO)c(SC)cc1C.